The summed E-state index contributed by atoms with van der Waals surface area (Å²) in [7, 11) is 0. The molecule has 0 spiro atoms. The zero-order valence-corrected chi connectivity index (χ0v) is 17.0. The number of nitrogens with one attached hydrogen (secondary N) is 2. The SMILES string of the molecule is CC(=O)c1ccccc1NC(=O)C1CCC(C(=O)Nc2ccccc2C(C)=O)S1. The highest BCUT2D eigenvalue weighted by atomic mass is 32.2. The molecule has 1 heterocycles. The van der Waals surface area contributed by atoms with Crippen LogP contribution in [0.5, 0.6) is 0 Å². The Hall–Kier alpha value is -2.93. The van der Waals surface area contributed by atoms with Gasteiger partial charge < -0.3 is 10.6 Å². The molecule has 2 aromatic rings. The van der Waals surface area contributed by atoms with Gasteiger partial charge in [0.25, 0.3) is 0 Å². The van der Waals surface area contributed by atoms with Gasteiger partial charge in [-0.3, -0.25) is 19.2 Å². The largest absolute Gasteiger partial charge is 0.324 e. The molecule has 29 heavy (non-hydrogen) atoms. The lowest BCUT2D eigenvalue weighted by molar-refractivity contribution is -0.116. The molecular weight excluding hydrogens is 388 g/mol. The lowest BCUT2D eigenvalue weighted by atomic mass is 10.1. The van der Waals surface area contributed by atoms with E-state index in [2.05, 4.69) is 10.6 Å². The van der Waals surface area contributed by atoms with Gasteiger partial charge in [-0.05, 0) is 51.0 Å². The first-order valence-corrected chi connectivity index (χ1v) is 10.3. The smallest absolute Gasteiger partial charge is 0.237 e. The van der Waals surface area contributed by atoms with Crippen molar-refractivity contribution in [2.75, 3.05) is 10.6 Å². The summed E-state index contributed by atoms with van der Waals surface area (Å²) in [6.07, 6.45) is 1.12. The number of rotatable bonds is 6. The Balaban J connectivity index is 1.63. The fourth-order valence-corrected chi connectivity index (χ4v) is 4.55. The quantitative estimate of drug-likeness (QED) is 0.704. The van der Waals surface area contributed by atoms with E-state index in [4.69, 9.17) is 0 Å². The van der Waals surface area contributed by atoms with Crippen molar-refractivity contribution in [1.29, 1.82) is 0 Å². The molecule has 6 nitrogen and oxygen atoms in total. The zero-order valence-electron chi connectivity index (χ0n) is 16.2. The maximum Gasteiger partial charge on any atom is 0.237 e. The van der Waals surface area contributed by atoms with Crippen molar-refractivity contribution in [1.82, 2.24) is 0 Å². The molecule has 0 radical (unpaired) electrons. The maximum absolute atomic E-state index is 12.6. The molecule has 2 amide bonds. The standard InChI is InChI=1S/C22H22N2O4S/c1-13(25)15-7-3-5-9-17(15)23-21(27)19-11-12-20(29-19)22(28)24-18-10-6-4-8-16(18)14(2)26/h3-10,19-20H,11-12H2,1-2H3,(H,23,27)(H,24,28). The van der Waals surface area contributed by atoms with E-state index in [1.54, 1.807) is 48.5 Å². The average molecular weight is 410 g/mol. The maximum atomic E-state index is 12.6. The van der Waals surface area contributed by atoms with E-state index in [1.165, 1.54) is 25.6 Å². The summed E-state index contributed by atoms with van der Waals surface area (Å²) in [5.74, 6) is -0.686. The first-order valence-electron chi connectivity index (χ1n) is 9.34. The lowest BCUT2D eigenvalue weighted by Crippen LogP contribution is -2.26. The van der Waals surface area contributed by atoms with Crippen LogP contribution in [0.2, 0.25) is 0 Å². The Morgan fingerprint density at radius 1 is 0.724 bits per heavy atom. The number of anilines is 2. The summed E-state index contributed by atoms with van der Waals surface area (Å²) in [5, 5.41) is 4.86. The third kappa shape index (κ3) is 4.92. The van der Waals surface area contributed by atoms with Crippen LogP contribution in [0.1, 0.15) is 47.4 Å². The van der Waals surface area contributed by atoms with Crippen LogP contribution in [0.4, 0.5) is 11.4 Å². The van der Waals surface area contributed by atoms with E-state index in [1.807, 2.05) is 0 Å². The van der Waals surface area contributed by atoms with Gasteiger partial charge in [-0.2, -0.15) is 0 Å². The first-order chi connectivity index (χ1) is 13.9. The molecule has 150 valence electrons. The summed E-state index contributed by atoms with van der Waals surface area (Å²) in [4.78, 5) is 48.7. The minimum Gasteiger partial charge on any atom is -0.324 e. The van der Waals surface area contributed by atoms with Gasteiger partial charge in [0.1, 0.15) is 0 Å². The number of carbonyl (C=O) groups excluding carboxylic acids is 4. The lowest BCUT2D eigenvalue weighted by Gasteiger charge is -2.14. The molecule has 0 aliphatic carbocycles. The number of ketones is 2. The monoisotopic (exact) mass is 410 g/mol. The van der Waals surface area contributed by atoms with Crippen LogP contribution in [0, 0.1) is 0 Å². The number of hydrogen-bond donors (Lipinski definition) is 2. The van der Waals surface area contributed by atoms with Crippen LogP contribution in [0.25, 0.3) is 0 Å². The van der Waals surface area contributed by atoms with Crippen LogP contribution < -0.4 is 10.6 Å². The van der Waals surface area contributed by atoms with Crippen LogP contribution in [-0.2, 0) is 9.59 Å². The van der Waals surface area contributed by atoms with E-state index in [-0.39, 0.29) is 33.9 Å². The molecule has 3 rings (SSSR count). The molecule has 2 N–H and O–H groups in total. The van der Waals surface area contributed by atoms with Crippen LogP contribution in [0.15, 0.2) is 48.5 Å². The predicted octanol–water partition coefficient (Wildman–Crippen LogP) is 3.93. The molecule has 1 aliphatic heterocycles. The van der Waals surface area contributed by atoms with E-state index in [9.17, 15) is 19.2 Å². The van der Waals surface area contributed by atoms with Crippen LogP contribution >= 0.6 is 11.8 Å². The Bertz CT molecular complexity index is 895. The molecule has 1 saturated heterocycles. The second kappa shape index (κ2) is 9.05. The van der Waals surface area contributed by atoms with E-state index in [0.717, 1.165) is 0 Å². The fraction of sp³-hybridized carbons (Fsp3) is 0.273. The highest BCUT2D eigenvalue weighted by Gasteiger charge is 2.35. The van der Waals surface area contributed by atoms with Crippen molar-refractivity contribution in [3.05, 3.63) is 59.7 Å². The number of para-hydroxylation sites is 2. The second-order valence-electron chi connectivity index (χ2n) is 6.87. The van der Waals surface area contributed by atoms with Crippen LogP contribution in [-0.4, -0.2) is 33.9 Å². The minimum absolute atomic E-state index is 0.124. The summed E-state index contributed by atoms with van der Waals surface area (Å²) in [6.45, 7) is 2.91. The van der Waals surface area contributed by atoms with Gasteiger partial charge in [0.05, 0.1) is 21.9 Å². The van der Waals surface area contributed by atoms with Gasteiger partial charge in [-0.15, -0.1) is 11.8 Å². The van der Waals surface area contributed by atoms with Crippen molar-refractivity contribution in [3.63, 3.8) is 0 Å². The molecule has 2 aromatic carbocycles. The predicted molar refractivity (Wildman–Crippen MR) is 115 cm³/mol. The number of hydrogen-bond acceptors (Lipinski definition) is 5. The van der Waals surface area contributed by atoms with Crippen molar-refractivity contribution in [2.24, 2.45) is 0 Å². The molecule has 2 atom stereocenters. The normalized spacial score (nSPS) is 18.1. The Labute approximate surface area is 173 Å². The van der Waals surface area contributed by atoms with Gasteiger partial charge >= 0.3 is 0 Å². The molecule has 0 aromatic heterocycles. The van der Waals surface area contributed by atoms with Gasteiger partial charge in [-0.1, -0.05) is 24.3 Å². The first kappa shape index (κ1) is 20.8. The zero-order chi connectivity index (χ0) is 21.0. The fourth-order valence-electron chi connectivity index (χ4n) is 3.25. The Morgan fingerprint density at radius 2 is 1.10 bits per heavy atom. The topological polar surface area (TPSA) is 92.3 Å². The average Bonchev–Trinajstić information content (AvgIpc) is 3.19. The van der Waals surface area contributed by atoms with Gasteiger partial charge in [-0.25, -0.2) is 0 Å². The molecule has 1 aliphatic rings. The summed E-state index contributed by atoms with van der Waals surface area (Å²) >= 11 is 1.30. The molecule has 7 heteroatoms. The number of benzene rings is 2. The summed E-state index contributed by atoms with van der Waals surface area (Å²) in [6, 6.07) is 13.7. The molecular formula is C22H22N2O4S. The van der Waals surface area contributed by atoms with Crippen molar-refractivity contribution < 1.29 is 19.2 Å². The Morgan fingerprint density at radius 3 is 1.48 bits per heavy atom. The van der Waals surface area contributed by atoms with E-state index >= 15 is 0 Å². The van der Waals surface area contributed by atoms with Crippen molar-refractivity contribution >= 4 is 46.5 Å². The van der Waals surface area contributed by atoms with Gasteiger partial charge in [0.15, 0.2) is 11.6 Å². The number of Topliss-reactive ketones (excluding diaryl/α,β-unsaturated/α-hetero) is 2. The highest BCUT2D eigenvalue weighted by molar-refractivity contribution is 8.02. The van der Waals surface area contributed by atoms with E-state index in [0.29, 0.717) is 35.3 Å². The minimum atomic E-state index is -0.381. The van der Waals surface area contributed by atoms with Gasteiger partial charge in [0, 0.05) is 11.1 Å². The Kier molecular flexibility index (Phi) is 6.49. The third-order valence-corrected chi connectivity index (χ3v) is 6.29. The number of thioether (sulfide) groups is 1. The summed E-state index contributed by atoms with van der Waals surface area (Å²) in [5.41, 5.74) is 1.88. The summed E-state index contributed by atoms with van der Waals surface area (Å²) < 4.78 is 0. The van der Waals surface area contributed by atoms with Crippen molar-refractivity contribution in [2.45, 2.75) is 37.2 Å². The third-order valence-electron chi connectivity index (χ3n) is 4.73. The molecule has 0 saturated carbocycles. The number of amides is 2. The van der Waals surface area contributed by atoms with Gasteiger partial charge in [0.2, 0.25) is 11.8 Å². The van der Waals surface area contributed by atoms with E-state index < -0.39 is 0 Å². The molecule has 0 bridgehead atoms. The molecule has 2 unspecified atom stereocenters. The van der Waals surface area contributed by atoms with Crippen molar-refractivity contribution in [3.8, 4) is 0 Å². The van der Waals surface area contributed by atoms with Crippen LogP contribution in [0.3, 0.4) is 0 Å². The highest BCUT2D eigenvalue weighted by Crippen LogP contribution is 2.35. The molecule has 1 fully saturated rings. The second-order valence-corrected chi connectivity index (χ2v) is 8.28. The number of carbonyl (C=O) groups is 4.